The summed E-state index contributed by atoms with van der Waals surface area (Å²) in [6.45, 7) is 5.88. The van der Waals surface area contributed by atoms with E-state index in [1.807, 2.05) is 32.0 Å². The zero-order chi connectivity index (χ0) is 18.2. The molecule has 1 atom stereocenters. The maximum Gasteiger partial charge on any atom is 0.304 e. The molecule has 132 valence electrons. The minimum Gasteiger partial charge on any atom is -0.618 e. The predicted molar refractivity (Wildman–Crippen MR) is 96.0 cm³/mol. The molecule has 0 saturated heterocycles. The normalized spacial score (nSPS) is 21.6. The quantitative estimate of drug-likeness (QED) is 0.434. The minimum atomic E-state index is -1.23. The first kappa shape index (κ1) is 17.7. The van der Waals surface area contributed by atoms with Gasteiger partial charge in [0.15, 0.2) is 6.20 Å². The van der Waals surface area contributed by atoms with Crippen molar-refractivity contribution in [2.24, 2.45) is 5.41 Å². The summed E-state index contributed by atoms with van der Waals surface area (Å²) in [5, 5.41) is 12.6. The standard InChI is InChI=1S/C19H20BrNO4/c1-13(22)25-19(17-6-4-5-9-21(17)23)11-18(2,3)12-24-16-8-7-14(20)10-15(16)19/h4-10H,11-12H2,1-3H3. The van der Waals surface area contributed by atoms with Gasteiger partial charge in [-0.25, -0.2) is 0 Å². The number of benzene rings is 1. The molecule has 0 bridgehead atoms. The number of nitrogens with zero attached hydrogens (tertiary/aromatic N) is 1. The van der Waals surface area contributed by atoms with E-state index in [1.165, 1.54) is 13.1 Å². The first-order valence-electron chi connectivity index (χ1n) is 8.05. The third kappa shape index (κ3) is 3.35. The van der Waals surface area contributed by atoms with Gasteiger partial charge in [0.05, 0.1) is 6.61 Å². The molecule has 1 aliphatic rings. The number of carbonyl (C=O) groups is 1. The maximum atomic E-state index is 12.6. The van der Waals surface area contributed by atoms with Crippen molar-refractivity contribution >= 4 is 21.9 Å². The van der Waals surface area contributed by atoms with Crippen molar-refractivity contribution in [1.29, 1.82) is 0 Å². The molecule has 5 nitrogen and oxygen atoms in total. The molecule has 3 rings (SSSR count). The van der Waals surface area contributed by atoms with Crippen LogP contribution in [0.4, 0.5) is 0 Å². The van der Waals surface area contributed by atoms with Gasteiger partial charge in [-0.3, -0.25) is 4.79 Å². The van der Waals surface area contributed by atoms with E-state index in [2.05, 4.69) is 15.9 Å². The number of carbonyl (C=O) groups excluding carboxylic acids is 1. The molecule has 2 aromatic rings. The molecule has 1 unspecified atom stereocenters. The van der Waals surface area contributed by atoms with E-state index in [9.17, 15) is 10.0 Å². The van der Waals surface area contributed by atoms with Gasteiger partial charge in [-0.05, 0) is 24.3 Å². The number of aromatic nitrogens is 1. The lowest BCUT2D eigenvalue weighted by molar-refractivity contribution is -0.621. The fraction of sp³-hybridized carbons (Fsp3) is 0.368. The first-order chi connectivity index (χ1) is 11.7. The molecule has 6 heteroatoms. The SMILES string of the molecule is CC(=O)OC1(c2cccc[n+]2[O-])CC(C)(C)COc2ccc(Br)cc21. The molecule has 0 spiro atoms. The van der Waals surface area contributed by atoms with E-state index in [0.29, 0.717) is 30.0 Å². The number of fused-ring (bicyclic) bond motifs is 1. The van der Waals surface area contributed by atoms with Crippen molar-refractivity contribution < 1.29 is 19.0 Å². The molecular formula is C19H20BrNO4. The van der Waals surface area contributed by atoms with Gasteiger partial charge in [0.2, 0.25) is 11.3 Å². The molecule has 0 N–H and O–H groups in total. The summed E-state index contributed by atoms with van der Waals surface area (Å²) in [6.07, 6.45) is 1.84. The summed E-state index contributed by atoms with van der Waals surface area (Å²) < 4.78 is 13.5. The summed E-state index contributed by atoms with van der Waals surface area (Å²) in [6, 6.07) is 10.7. The van der Waals surface area contributed by atoms with Crippen molar-refractivity contribution in [2.45, 2.75) is 32.8 Å². The van der Waals surface area contributed by atoms with Gasteiger partial charge in [-0.15, -0.1) is 0 Å². The van der Waals surface area contributed by atoms with Gasteiger partial charge in [0.25, 0.3) is 0 Å². The molecule has 2 heterocycles. The number of hydrogen-bond donors (Lipinski definition) is 0. The molecule has 0 fully saturated rings. The topological polar surface area (TPSA) is 62.5 Å². The van der Waals surface area contributed by atoms with E-state index in [4.69, 9.17) is 9.47 Å². The number of ether oxygens (including phenoxy) is 2. The van der Waals surface area contributed by atoms with Crippen molar-refractivity contribution in [1.82, 2.24) is 0 Å². The minimum absolute atomic E-state index is 0.316. The van der Waals surface area contributed by atoms with E-state index in [0.717, 1.165) is 9.20 Å². The highest BCUT2D eigenvalue weighted by Crippen LogP contribution is 2.49. The first-order valence-corrected chi connectivity index (χ1v) is 8.84. The van der Waals surface area contributed by atoms with E-state index >= 15 is 0 Å². The molecule has 0 saturated carbocycles. The van der Waals surface area contributed by atoms with Crippen LogP contribution in [0.1, 0.15) is 38.4 Å². The molecular weight excluding hydrogens is 386 g/mol. The van der Waals surface area contributed by atoms with Crippen LogP contribution in [0.2, 0.25) is 0 Å². The lowest BCUT2D eigenvalue weighted by Crippen LogP contribution is -2.47. The highest BCUT2D eigenvalue weighted by atomic mass is 79.9. The van der Waals surface area contributed by atoms with Crippen molar-refractivity contribution in [3.05, 3.63) is 63.5 Å². The monoisotopic (exact) mass is 405 g/mol. The Morgan fingerprint density at radius 2 is 2.08 bits per heavy atom. The number of esters is 1. The summed E-state index contributed by atoms with van der Waals surface area (Å²) in [4.78, 5) is 12.0. The van der Waals surface area contributed by atoms with E-state index in [1.54, 1.807) is 18.2 Å². The van der Waals surface area contributed by atoms with Crippen LogP contribution in [-0.4, -0.2) is 12.6 Å². The van der Waals surface area contributed by atoms with Gasteiger partial charge < -0.3 is 14.7 Å². The molecule has 25 heavy (non-hydrogen) atoms. The van der Waals surface area contributed by atoms with Crippen molar-refractivity contribution in [3.8, 4) is 5.75 Å². The Hall–Kier alpha value is -2.08. The average Bonchev–Trinajstić information content (AvgIpc) is 2.62. The maximum absolute atomic E-state index is 12.6. The van der Waals surface area contributed by atoms with Gasteiger partial charge in [-0.1, -0.05) is 29.8 Å². The lowest BCUT2D eigenvalue weighted by atomic mass is 9.76. The van der Waals surface area contributed by atoms with Gasteiger partial charge in [0, 0.05) is 40.9 Å². The Labute approximate surface area is 155 Å². The molecule has 0 aliphatic carbocycles. The lowest BCUT2D eigenvalue weighted by Gasteiger charge is -2.35. The van der Waals surface area contributed by atoms with Gasteiger partial charge in [0.1, 0.15) is 5.75 Å². The van der Waals surface area contributed by atoms with Crippen LogP contribution in [0.25, 0.3) is 0 Å². The zero-order valence-corrected chi connectivity index (χ0v) is 16.0. The van der Waals surface area contributed by atoms with Crippen LogP contribution in [0.3, 0.4) is 0 Å². The molecule has 1 aromatic heterocycles. The molecule has 0 amide bonds. The Bertz CT molecular complexity index is 821. The van der Waals surface area contributed by atoms with Crippen LogP contribution in [0, 0.1) is 10.6 Å². The average molecular weight is 406 g/mol. The van der Waals surface area contributed by atoms with Crippen LogP contribution >= 0.6 is 15.9 Å². The van der Waals surface area contributed by atoms with Crippen LogP contribution in [0.15, 0.2) is 47.1 Å². The fourth-order valence-corrected chi connectivity index (χ4v) is 3.76. The molecule has 1 aliphatic heterocycles. The van der Waals surface area contributed by atoms with Crippen LogP contribution < -0.4 is 9.47 Å². The molecule has 1 aromatic carbocycles. The van der Waals surface area contributed by atoms with E-state index < -0.39 is 11.6 Å². The third-order valence-corrected chi connectivity index (χ3v) is 4.77. The summed E-state index contributed by atoms with van der Waals surface area (Å²) >= 11 is 3.47. The smallest absolute Gasteiger partial charge is 0.304 e. The largest absolute Gasteiger partial charge is 0.618 e. The highest BCUT2D eigenvalue weighted by Gasteiger charge is 2.51. The Balaban J connectivity index is 2.36. The second kappa shape index (κ2) is 6.33. The van der Waals surface area contributed by atoms with Gasteiger partial charge >= 0.3 is 5.97 Å². The van der Waals surface area contributed by atoms with Crippen molar-refractivity contribution in [2.75, 3.05) is 6.61 Å². The van der Waals surface area contributed by atoms with E-state index in [-0.39, 0.29) is 5.41 Å². The summed E-state index contributed by atoms with van der Waals surface area (Å²) in [5.74, 6) is 0.159. The summed E-state index contributed by atoms with van der Waals surface area (Å²) in [5.41, 5.74) is -0.515. The number of rotatable bonds is 2. The fourth-order valence-electron chi connectivity index (χ4n) is 3.40. The second-order valence-corrected chi connectivity index (χ2v) is 8.02. The predicted octanol–water partition coefficient (Wildman–Crippen LogP) is 3.70. The Morgan fingerprint density at radius 3 is 2.76 bits per heavy atom. The number of halogens is 1. The van der Waals surface area contributed by atoms with Gasteiger partial charge in [-0.2, -0.15) is 4.73 Å². The third-order valence-electron chi connectivity index (χ3n) is 4.28. The van der Waals surface area contributed by atoms with Crippen molar-refractivity contribution in [3.63, 3.8) is 0 Å². The zero-order valence-electron chi connectivity index (χ0n) is 14.4. The highest BCUT2D eigenvalue weighted by molar-refractivity contribution is 9.10. The van der Waals surface area contributed by atoms with Crippen LogP contribution in [-0.2, 0) is 15.1 Å². The Kier molecular flexibility index (Phi) is 4.49. The number of pyridine rings is 1. The van der Waals surface area contributed by atoms with Crippen LogP contribution in [0.5, 0.6) is 5.75 Å². The Morgan fingerprint density at radius 1 is 1.32 bits per heavy atom. The molecule has 0 radical (unpaired) electrons. The number of hydrogen-bond acceptors (Lipinski definition) is 4. The second-order valence-electron chi connectivity index (χ2n) is 7.10. The summed E-state index contributed by atoms with van der Waals surface area (Å²) in [7, 11) is 0.